The van der Waals surface area contributed by atoms with Crippen LogP contribution in [-0.4, -0.2) is 82.3 Å². The highest BCUT2D eigenvalue weighted by molar-refractivity contribution is 5.68. The van der Waals surface area contributed by atoms with Crippen molar-refractivity contribution in [3.8, 4) is 5.75 Å². The maximum Gasteiger partial charge on any atom is 0.304 e. The third-order valence-corrected chi connectivity index (χ3v) is 4.08. The Morgan fingerprint density at radius 3 is 1.69 bits per heavy atom. The van der Waals surface area contributed by atoms with E-state index >= 15 is 0 Å². The van der Waals surface area contributed by atoms with Crippen molar-refractivity contribution in [2.45, 2.75) is 25.7 Å². The molecule has 0 aliphatic carbocycles. The van der Waals surface area contributed by atoms with Crippen molar-refractivity contribution >= 4 is 5.97 Å². The van der Waals surface area contributed by atoms with Crippen molar-refractivity contribution in [3.05, 3.63) is 29.8 Å². The largest absolute Gasteiger partial charge is 0.491 e. The number of aliphatic hydroxyl groups excluding tert-OH is 1. The molecule has 0 aliphatic heterocycles. The molecule has 1 aromatic rings. The van der Waals surface area contributed by atoms with Gasteiger partial charge in [-0.05, 0) is 17.7 Å². The number of carboxylic acid groups (broad SMARTS) is 1. The lowest BCUT2D eigenvalue weighted by atomic mass is 9.82. The lowest BCUT2D eigenvalue weighted by Gasteiger charge is -2.23. The van der Waals surface area contributed by atoms with E-state index in [9.17, 15) is 4.79 Å². The maximum atomic E-state index is 10.9. The van der Waals surface area contributed by atoms with Crippen LogP contribution < -0.4 is 4.74 Å². The molecule has 0 spiro atoms. The van der Waals surface area contributed by atoms with Crippen LogP contribution in [0.3, 0.4) is 0 Å². The first-order chi connectivity index (χ1) is 14.0. The molecule has 0 saturated heterocycles. The monoisotopic (exact) mass is 414 g/mol. The quantitative estimate of drug-likeness (QED) is 0.351. The van der Waals surface area contributed by atoms with Gasteiger partial charge in [0.15, 0.2) is 0 Å². The van der Waals surface area contributed by atoms with E-state index in [0.717, 1.165) is 11.3 Å². The molecule has 0 saturated carbocycles. The van der Waals surface area contributed by atoms with Crippen LogP contribution in [0.2, 0.25) is 0 Å². The van der Waals surface area contributed by atoms with Crippen LogP contribution in [0.4, 0.5) is 0 Å². The van der Waals surface area contributed by atoms with Gasteiger partial charge >= 0.3 is 5.97 Å². The van der Waals surface area contributed by atoms with Gasteiger partial charge in [-0.3, -0.25) is 4.79 Å². The second kappa shape index (κ2) is 15.2. The second-order valence-electron chi connectivity index (χ2n) is 7.00. The lowest BCUT2D eigenvalue weighted by molar-refractivity contribution is -0.138. The molecule has 0 unspecified atom stereocenters. The molecule has 0 fully saturated rings. The van der Waals surface area contributed by atoms with Gasteiger partial charge in [0.1, 0.15) is 12.4 Å². The van der Waals surface area contributed by atoms with E-state index in [0.29, 0.717) is 59.5 Å². The molecule has 8 nitrogen and oxygen atoms in total. The Kier molecular flexibility index (Phi) is 13.3. The predicted octanol–water partition coefficient (Wildman–Crippen LogP) is 1.88. The van der Waals surface area contributed by atoms with Crippen molar-refractivity contribution in [2.75, 3.05) is 66.1 Å². The van der Waals surface area contributed by atoms with Crippen LogP contribution in [0, 0.1) is 0 Å². The molecule has 0 atom stereocenters. The number of ether oxygens (including phenoxy) is 5. The number of aliphatic carboxylic acids is 1. The van der Waals surface area contributed by atoms with Crippen molar-refractivity contribution < 1.29 is 38.7 Å². The van der Waals surface area contributed by atoms with Crippen LogP contribution in [0.5, 0.6) is 5.75 Å². The smallest absolute Gasteiger partial charge is 0.304 e. The Bertz CT molecular complexity index is 544. The van der Waals surface area contributed by atoms with Gasteiger partial charge in [0, 0.05) is 5.41 Å². The molecule has 0 amide bonds. The van der Waals surface area contributed by atoms with E-state index in [-0.39, 0.29) is 13.0 Å². The zero-order valence-corrected chi connectivity index (χ0v) is 17.4. The van der Waals surface area contributed by atoms with E-state index in [1.807, 2.05) is 38.1 Å². The van der Waals surface area contributed by atoms with Crippen molar-refractivity contribution in [1.29, 1.82) is 0 Å². The van der Waals surface area contributed by atoms with E-state index in [4.69, 9.17) is 33.9 Å². The van der Waals surface area contributed by atoms with E-state index in [1.54, 1.807) is 0 Å². The molecule has 0 aromatic heterocycles. The molecule has 2 N–H and O–H groups in total. The number of hydrogen-bond acceptors (Lipinski definition) is 7. The standard InChI is InChI=1S/C21H34O8/c1-21(2,17-20(23)24)18-3-5-19(6-4-18)29-16-15-28-14-13-27-12-11-26-10-9-25-8-7-22/h3-6,22H,7-17H2,1-2H3,(H,23,24). The Morgan fingerprint density at radius 1 is 0.793 bits per heavy atom. The average Bonchev–Trinajstić information content (AvgIpc) is 2.67. The Hall–Kier alpha value is -1.71. The van der Waals surface area contributed by atoms with Crippen LogP contribution in [0.25, 0.3) is 0 Å². The predicted molar refractivity (Wildman–Crippen MR) is 108 cm³/mol. The summed E-state index contributed by atoms with van der Waals surface area (Å²) in [6, 6.07) is 7.48. The molecule has 29 heavy (non-hydrogen) atoms. The van der Waals surface area contributed by atoms with Crippen LogP contribution >= 0.6 is 0 Å². The zero-order valence-electron chi connectivity index (χ0n) is 17.4. The Labute approximate surface area is 172 Å². The Morgan fingerprint density at radius 2 is 1.24 bits per heavy atom. The van der Waals surface area contributed by atoms with Gasteiger partial charge in [0.25, 0.3) is 0 Å². The summed E-state index contributed by atoms with van der Waals surface area (Å²) in [5.74, 6) is -0.0901. The number of benzene rings is 1. The van der Waals surface area contributed by atoms with Gasteiger partial charge in [-0.25, -0.2) is 0 Å². The van der Waals surface area contributed by atoms with Gasteiger partial charge in [-0.15, -0.1) is 0 Å². The summed E-state index contributed by atoms with van der Waals surface area (Å²) >= 11 is 0. The molecule has 1 aromatic carbocycles. The number of aliphatic hydroxyl groups is 1. The van der Waals surface area contributed by atoms with Gasteiger partial charge in [0.2, 0.25) is 0 Å². The number of rotatable bonds is 18. The fourth-order valence-electron chi connectivity index (χ4n) is 2.53. The van der Waals surface area contributed by atoms with E-state index < -0.39 is 11.4 Å². The summed E-state index contributed by atoms with van der Waals surface area (Å²) in [6.45, 7) is 7.94. The van der Waals surface area contributed by atoms with E-state index in [2.05, 4.69) is 0 Å². The van der Waals surface area contributed by atoms with Gasteiger partial charge in [-0.2, -0.15) is 0 Å². The number of hydrogen-bond donors (Lipinski definition) is 2. The summed E-state index contributed by atoms with van der Waals surface area (Å²) in [4.78, 5) is 10.9. The van der Waals surface area contributed by atoms with Crippen molar-refractivity contribution in [2.24, 2.45) is 0 Å². The van der Waals surface area contributed by atoms with Crippen LogP contribution in [-0.2, 0) is 29.2 Å². The molecule has 0 radical (unpaired) electrons. The molecule has 8 heteroatoms. The van der Waals surface area contributed by atoms with Gasteiger partial charge in [-0.1, -0.05) is 26.0 Å². The van der Waals surface area contributed by atoms with E-state index in [1.165, 1.54) is 0 Å². The molecule has 0 bridgehead atoms. The topological polar surface area (TPSA) is 104 Å². The molecule has 0 aliphatic rings. The van der Waals surface area contributed by atoms with Crippen molar-refractivity contribution in [1.82, 2.24) is 0 Å². The molecule has 0 heterocycles. The molecule has 1 rings (SSSR count). The fourth-order valence-corrected chi connectivity index (χ4v) is 2.53. The minimum Gasteiger partial charge on any atom is -0.491 e. The first-order valence-corrected chi connectivity index (χ1v) is 9.82. The van der Waals surface area contributed by atoms with Crippen LogP contribution in [0.1, 0.15) is 25.8 Å². The van der Waals surface area contributed by atoms with Crippen molar-refractivity contribution in [3.63, 3.8) is 0 Å². The summed E-state index contributed by atoms with van der Waals surface area (Å²) in [7, 11) is 0. The normalized spacial score (nSPS) is 11.6. The second-order valence-corrected chi connectivity index (χ2v) is 7.00. The minimum absolute atomic E-state index is 0.0212. The first-order valence-electron chi connectivity index (χ1n) is 9.82. The maximum absolute atomic E-state index is 10.9. The Balaban J connectivity index is 2.01. The van der Waals surface area contributed by atoms with Gasteiger partial charge < -0.3 is 33.9 Å². The summed E-state index contributed by atoms with van der Waals surface area (Å²) in [5, 5.41) is 17.5. The highest BCUT2D eigenvalue weighted by atomic mass is 16.6. The summed E-state index contributed by atoms with van der Waals surface area (Å²) in [6.07, 6.45) is 0.0777. The number of carbonyl (C=O) groups is 1. The molecule has 166 valence electrons. The van der Waals surface area contributed by atoms with Gasteiger partial charge in [0.05, 0.1) is 65.9 Å². The summed E-state index contributed by atoms with van der Waals surface area (Å²) < 4.78 is 26.8. The highest BCUT2D eigenvalue weighted by Gasteiger charge is 2.23. The number of carboxylic acids is 1. The first kappa shape index (κ1) is 25.3. The summed E-state index contributed by atoms with van der Waals surface area (Å²) in [5.41, 5.74) is 0.536. The third-order valence-electron chi connectivity index (χ3n) is 4.08. The highest BCUT2D eigenvalue weighted by Crippen LogP contribution is 2.28. The lowest BCUT2D eigenvalue weighted by Crippen LogP contribution is -2.21. The molecular weight excluding hydrogens is 380 g/mol. The zero-order chi connectivity index (χ0) is 21.4. The minimum atomic E-state index is -0.812. The molecular formula is C21H34O8. The SMILES string of the molecule is CC(C)(CC(=O)O)c1ccc(OCCOCCOCCOCCOCCO)cc1. The fraction of sp³-hybridized carbons (Fsp3) is 0.667. The van der Waals surface area contributed by atoms with Crippen LogP contribution in [0.15, 0.2) is 24.3 Å². The third kappa shape index (κ3) is 12.5. The average molecular weight is 414 g/mol.